The molecule has 3 N–H and O–H groups in total. The van der Waals surface area contributed by atoms with Gasteiger partial charge in [0.25, 0.3) is 0 Å². The van der Waals surface area contributed by atoms with Crippen LogP contribution in [0.1, 0.15) is 24.2 Å². The molecule has 1 aromatic heterocycles. The van der Waals surface area contributed by atoms with Gasteiger partial charge in [0.1, 0.15) is 5.00 Å². The van der Waals surface area contributed by atoms with E-state index >= 15 is 0 Å². The lowest BCUT2D eigenvalue weighted by atomic mass is 10.0. The van der Waals surface area contributed by atoms with Crippen LogP contribution in [-0.4, -0.2) is 48.7 Å². The number of carboxylic acids is 1. The number of thiophene rings is 1. The molecule has 0 saturated heterocycles. The molecule has 0 aromatic carbocycles. The minimum atomic E-state index is -1.05. The number of carbonyl (C=O) groups is 2. The van der Waals surface area contributed by atoms with Gasteiger partial charge in [-0.3, -0.25) is 5.32 Å². The fourth-order valence-corrected chi connectivity index (χ4v) is 2.47. The van der Waals surface area contributed by atoms with Gasteiger partial charge in [-0.25, -0.2) is 9.59 Å². The fourth-order valence-electron chi connectivity index (χ4n) is 1.70. The van der Waals surface area contributed by atoms with Gasteiger partial charge in [-0.05, 0) is 31.5 Å². The maximum absolute atomic E-state index is 12.0. The van der Waals surface area contributed by atoms with E-state index < -0.39 is 5.97 Å². The summed E-state index contributed by atoms with van der Waals surface area (Å²) in [5.41, 5.74) is 0.110. The molecule has 20 heavy (non-hydrogen) atoms. The zero-order valence-corrected chi connectivity index (χ0v) is 13.0. The Labute approximate surface area is 122 Å². The summed E-state index contributed by atoms with van der Waals surface area (Å²) in [6, 6.07) is 1.09. The summed E-state index contributed by atoms with van der Waals surface area (Å²) >= 11 is 1.19. The summed E-state index contributed by atoms with van der Waals surface area (Å²) in [5, 5.41) is 16.4. The number of hydrogen-bond acceptors (Lipinski definition) is 4. The van der Waals surface area contributed by atoms with E-state index in [9.17, 15) is 9.59 Å². The molecule has 0 bridgehead atoms. The molecule has 2 amide bonds. The highest BCUT2D eigenvalue weighted by Crippen LogP contribution is 2.22. The van der Waals surface area contributed by atoms with Crippen molar-refractivity contribution in [2.75, 3.05) is 26.0 Å². The Hall–Kier alpha value is -1.60. The van der Waals surface area contributed by atoms with E-state index in [0.717, 1.165) is 6.54 Å². The highest BCUT2D eigenvalue weighted by atomic mass is 32.1. The molecule has 1 aromatic rings. The predicted octanol–water partition coefficient (Wildman–Crippen LogP) is 2.15. The number of urea groups is 1. The molecule has 7 heteroatoms. The van der Waals surface area contributed by atoms with Gasteiger partial charge in [-0.1, -0.05) is 13.8 Å². The van der Waals surface area contributed by atoms with Crippen molar-refractivity contribution in [1.82, 2.24) is 10.2 Å². The molecule has 0 aliphatic carbocycles. The molecule has 1 heterocycles. The average molecular weight is 299 g/mol. The Morgan fingerprint density at radius 2 is 2.05 bits per heavy atom. The number of carbonyl (C=O) groups excluding carboxylic acids is 1. The molecule has 112 valence electrons. The Kier molecular flexibility index (Phi) is 5.97. The Bertz CT molecular complexity index is 471. The lowest BCUT2D eigenvalue weighted by Crippen LogP contribution is -2.46. The topological polar surface area (TPSA) is 81.7 Å². The number of nitrogens with zero attached hydrogens (tertiary/aromatic N) is 1. The molecule has 1 rings (SSSR count). The van der Waals surface area contributed by atoms with Crippen LogP contribution in [0.4, 0.5) is 9.80 Å². The monoisotopic (exact) mass is 299 g/mol. The van der Waals surface area contributed by atoms with Gasteiger partial charge in [-0.2, -0.15) is 0 Å². The number of amides is 2. The van der Waals surface area contributed by atoms with Crippen LogP contribution in [0.15, 0.2) is 11.4 Å². The first-order chi connectivity index (χ1) is 9.31. The average Bonchev–Trinajstić information content (AvgIpc) is 2.75. The first kappa shape index (κ1) is 16.5. The van der Waals surface area contributed by atoms with Crippen LogP contribution >= 0.6 is 11.3 Å². The van der Waals surface area contributed by atoms with Gasteiger partial charge in [0, 0.05) is 12.6 Å². The third kappa shape index (κ3) is 4.82. The number of rotatable bonds is 6. The van der Waals surface area contributed by atoms with Gasteiger partial charge >= 0.3 is 12.0 Å². The van der Waals surface area contributed by atoms with E-state index in [2.05, 4.69) is 10.6 Å². The van der Waals surface area contributed by atoms with Crippen molar-refractivity contribution >= 4 is 28.3 Å². The van der Waals surface area contributed by atoms with E-state index in [1.807, 2.05) is 32.8 Å². The van der Waals surface area contributed by atoms with Crippen molar-refractivity contribution in [3.8, 4) is 0 Å². The highest BCUT2D eigenvalue weighted by Gasteiger charge is 2.19. The van der Waals surface area contributed by atoms with Crippen LogP contribution in [0.3, 0.4) is 0 Å². The molecule has 0 aliphatic heterocycles. The summed E-state index contributed by atoms with van der Waals surface area (Å²) in [7, 11) is 3.88. The van der Waals surface area contributed by atoms with Crippen LogP contribution < -0.4 is 10.6 Å². The Morgan fingerprint density at radius 1 is 1.40 bits per heavy atom. The zero-order chi connectivity index (χ0) is 15.3. The maximum atomic E-state index is 12.0. The van der Waals surface area contributed by atoms with Crippen molar-refractivity contribution in [2.24, 2.45) is 5.92 Å². The standard InChI is InChI=1S/C13H21N3O3S/c1-8(2)10(7-16(3)4)14-13(19)15-11-9(12(17)18)5-6-20-11/h5-6,8,10H,7H2,1-4H3,(H,17,18)(H2,14,15,19). The molecule has 0 spiro atoms. The highest BCUT2D eigenvalue weighted by molar-refractivity contribution is 7.14. The Balaban J connectivity index is 2.66. The number of aromatic carboxylic acids is 1. The smallest absolute Gasteiger partial charge is 0.338 e. The van der Waals surface area contributed by atoms with Crippen LogP contribution in [-0.2, 0) is 0 Å². The third-order valence-corrected chi connectivity index (χ3v) is 3.64. The summed E-state index contributed by atoms with van der Waals surface area (Å²) < 4.78 is 0. The quantitative estimate of drug-likeness (QED) is 0.752. The number of nitrogens with one attached hydrogen (secondary N) is 2. The summed E-state index contributed by atoms with van der Waals surface area (Å²) in [4.78, 5) is 24.9. The molecule has 1 unspecified atom stereocenters. The number of carboxylic acid groups (broad SMARTS) is 1. The fraction of sp³-hybridized carbons (Fsp3) is 0.538. The largest absolute Gasteiger partial charge is 0.478 e. The van der Waals surface area contributed by atoms with Gasteiger partial charge in [0.2, 0.25) is 0 Å². The normalized spacial score (nSPS) is 12.5. The molecular weight excluding hydrogens is 278 g/mol. The van der Waals surface area contributed by atoms with Crippen molar-refractivity contribution in [1.29, 1.82) is 0 Å². The van der Waals surface area contributed by atoms with E-state index in [1.54, 1.807) is 5.38 Å². The Morgan fingerprint density at radius 3 is 2.55 bits per heavy atom. The van der Waals surface area contributed by atoms with Crippen molar-refractivity contribution in [2.45, 2.75) is 19.9 Å². The molecule has 0 fully saturated rings. The van der Waals surface area contributed by atoms with Crippen molar-refractivity contribution < 1.29 is 14.7 Å². The van der Waals surface area contributed by atoms with Gasteiger partial charge < -0.3 is 15.3 Å². The van der Waals surface area contributed by atoms with Gasteiger partial charge in [0.15, 0.2) is 0 Å². The molecule has 1 atom stereocenters. The lowest BCUT2D eigenvalue weighted by Gasteiger charge is -2.25. The minimum Gasteiger partial charge on any atom is -0.478 e. The zero-order valence-electron chi connectivity index (χ0n) is 12.1. The summed E-state index contributed by atoms with van der Waals surface area (Å²) in [6.45, 7) is 4.78. The number of likely N-dealkylation sites (N-methyl/N-ethyl adjacent to an activating group) is 1. The lowest BCUT2D eigenvalue weighted by molar-refractivity contribution is 0.0698. The van der Waals surface area contributed by atoms with Crippen LogP contribution in [0, 0.1) is 5.92 Å². The molecular formula is C13H21N3O3S. The van der Waals surface area contributed by atoms with E-state index in [-0.39, 0.29) is 23.6 Å². The number of hydrogen-bond donors (Lipinski definition) is 3. The molecule has 0 radical (unpaired) electrons. The van der Waals surface area contributed by atoms with Crippen LogP contribution in [0.25, 0.3) is 0 Å². The van der Waals surface area contributed by atoms with E-state index in [1.165, 1.54) is 17.4 Å². The second-order valence-corrected chi connectivity index (χ2v) is 6.10. The molecule has 0 saturated carbocycles. The minimum absolute atomic E-state index is 0.00163. The van der Waals surface area contributed by atoms with Crippen LogP contribution in [0.5, 0.6) is 0 Å². The summed E-state index contributed by atoms with van der Waals surface area (Å²) in [5.74, 6) is -0.763. The SMILES string of the molecule is CC(C)C(CN(C)C)NC(=O)Nc1sccc1C(=O)O. The van der Waals surface area contributed by atoms with Crippen molar-refractivity contribution in [3.05, 3.63) is 17.0 Å². The maximum Gasteiger partial charge on any atom is 0.338 e. The van der Waals surface area contributed by atoms with Crippen molar-refractivity contribution in [3.63, 3.8) is 0 Å². The first-order valence-corrected chi connectivity index (χ1v) is 7.22. The van der Waals surface area contributed by atoms with E-state index in [0.29, 0.717) is 5.00 Å². The third-order valence-electron chi connectivity index (χ3n) is 2.81. The second-order valence-electron chi connectivity index (χ2n) is 5.18. The predicted molar refractivity (Wildman–Crippen MR) is 80.6 cm³/mol. The molecule has 6 nitrogen and oxygen atoms in total. The van der Waals surface area contributed by atoms with Gasteiger partial charge in [-0.15, -0.1) is 11.3 Å². The number of anilines is 1. The van der Waals surface area contributed by atoms with Crippen LogP contribution in [0.2, 0.25) is 0 Å². The second kappa shape index (κ2) is 7.25. The van der Waals surface area contributed by atoms with Gasteiger partial charge in [0.05, 0.1) is 5.56 Å². The van der Waals surface area contributed by atoms with E-state index in [4.69, 9.17) is 5.11 Å². The summed E-state index contributed by atoms with van der Waals surface area (Å²) in [6.07, 6.45) is 0. The first-order valence-electron chi connectivity index (χ1n) is 6.34. The molecule has 0 aliphatic rings.